The molecular formula is C87H111N11O17. The number of rotatable bonds is 37. The van der Waals surface area contributed by atoms with Gasteiger partial charge in [-0.05, 0) is 181 Å². The summed E-state index contributed by atoms with van der Waals surface area (Å²) >= 11 is 0. The number of hydrogen-bond donors (Lipinski definition) is 11. The van der Waals surface area contributed by atoms with Crippen LogP contribution in [-0.4, -0.2) is 155 Å². The topological polar surface area (TPSA) is 406 Å². The molecule has 115 heavy (non-hydrogen) atoms. The number of carbonyl (C=O) groups is 11. The number of nitrogens with zero attached hydrogens (tertiary/aromatic N) is 1. The van der Waals surface area contributed by atoms with Gasteiger partial charge in [-0.25, -0.2) is 9.59 Å². The Bertz CT molecular complexity index is 4430. The molecule has 3 unspecified atom stereocenters. The summed E-state index contributed by atoms with van der Waals surface area (Å²) in [4.78, 5) is 149. The first-order valence-corrected chi connectivity index (χ1v) is 40.0. The number of nitrogens with two attached hydrogens (primary N) is 2. The van der Waals surface area contributed by atoms with Gasteiger partial charge in [-0.2, -0.15) is 0 Å². The molecule has 0 bridgehead atoms. The lowest BCUT2D eigenvalue weighted by Gasteiger charge is -2.56. The minimum Gasteiger partial charge on any atom is -0.481 e. The van der Waals surface area contributed by atoms with Crippen LogP contribution in [0.2, 0.25) is 0 Å². The number of benzene rings is 5. The van der Waals surface area contributed by atoms with Crippen LogP contribution in [-0.2, 0) is 104 Å². The molecule has 616 valence electrons. The quantitative estimate of drug-likeness (QED) is 0.00766. The third-order valence-electron chi connectivity index (χ3n) is 23.6. The summed E-state index contributed by atoms with van der Waals surface area (Å²) in [5, 5.41) is 31.6. The number of nitrogens with one attached hydrogen (secondary N) is 8. The highest BCUT2D eigenvalue weighted by atomic mass is 16.6. The van der Waals surface area contributed by atoms with Crippen LogP contribution in [0.3, 0.4) is 0 Å². The van der Waals surface area contributed by atoms with Gasteiger partial charge < -0.3 is 82.4 Å². The fraction of sp³-hybridized carbons (Fsp3) is 0.506. The molecule has 0 aromatic heterocycles. The molecule has 11 amide bonds. The first kappa shape index (κ1) is 86.7. The Labute approximate surface area is 671 Å². The first-order valence-electron chi connectivity index (χ1n) is 40.0. The minimum absolute atomic E-state index is 0.0170. The number of para-hydroxylation sites is 1. The lowest BCUT2D eigenvalue weighted by atomic mass is 9.49. The van der Waals surface area contributed by atoms with Crippen molar-refractivity contribution in [2.24, 2.45) is 34.3 Å². The number of aryl methyl sites for hydroxylation is 2. The van der Waals surface area contributed by atoms with Crippen LogP contribution < -0.4 is 58.9 Å². The molecule has 5 aromatic carbocycles. The van der Waals surface area contributed by atoms with Crippen molar-refractivity contribution in [2.45, 2.75) is 186 Å². The number of hydrogen-bond acceptors (Lipinski definition) is 17. The van der Waals surface area contributed by atoms with Gasteiger partial charge >= 0.3 is 18.1 Å². The maximum absolute atomic E-state index is 14.9. The molecule has 1 heterocycles. The summed E-state index contributed by atoms with van der Waals surface area (Å²) in [6.07, 6.45) is 5.94. The number of imide groups is 1. The van der Waals surface area contributed by atoms with E-state index in [4.69, 9.17) is 35.2 Å². The van der Waals surface area contributed by atoms with Crippen LogP contribution in [0.1, 0.15) is 176 Å². The highest BCUT2D eigenvalue weighted by molar-refractivity contribution is 6.02. The molecule has 1 aliphatic heterocycles. The molecule has 13 N–H and O–H groups in total. The van der Waals surface area contributed by atoms with E-state index in [2.05, 4.69) is 80.4 Å². The summed E-state index contributed by atoms with van der Waals surface area (Å²) in [5.41, 5.74) is 18.7. The second kappa shape index (κ2) is 40.0. The average molecular weight is 1580 g/mol. The summed E-state index contributed by atoms with van der Waals surface area (Å²) in [6, 6.07) is 28.5. The summed E-state index contributed by atoms with van der Waals surface area (Å²) in [6.45, 7) is 14.1. The molecule has 5 aromatic rings. The van der Waals surface area contributed by atoms with E-state index in [1.807, 2.05) is 80.6 Å². The highest BCUT2D eigenvalue weighted by Crippen LogP contribution is 2.60. The van der Waals surface area contributed by atoms with Crippen LogP contribution >= 0.6 is 0 Å². The number of fused-ring (bicyclic) bond motifs is 8. The third kappa shape index (κ3) is 22.4. The molecule has 10 rings (SSSR count). The fourth-order valence-electron chi connectivity index (χ4n) is 17.5. The Kier molecular flexibility index (Phi) is 30.2. The molecule has 28 heteroatoms. The molecule has 2 fully saturated rings. The molecular weight excluding hydrogens is 1470 g/mol. The molecule has 5 aliphatic rings. The Balaban J connectivity index is 0.612. The average Bonchev–Trinajstić information content (AvgIpc) is 0.721. The van der Waals surface area contributed by atoms with E-state index in [9.17, 15) is 57.8 Å². The van der Waals surface area contributed by atoms with E-state index in [1.54, 1.807) is 36.9 Å². The van der Waals surface area contributed by atoms with Gasteiger partial charge in [0.05, 0.1) is 82.3 Å². The van der Waals surface area contributed by atoms with Crippen molar-refractivity contribution in [1.29, 1.82) is 0 Å². The van der Waals surface area contributed by atoms with Gasteiger partial charge in [0.1, 0.15) is 24.7 Å². The van der Waals surface area contributed by atoms with E-state index in [0.29, 0.717) is 73.6 Å². The van der Waals surface area contributed by atoms with Crippen LogP contribution in [0.5, 0.6) is 0 Å². The SMILES string of the molecule is CC(C)[C@H](NC(=O)CCOCCOCCOCCOCCNC(=O)CCC(=O)N1Cc2ccccc2C#Cc2ccccc21)C(=O)NC(CCCNC(N)=O)C(=O)Nc1ccc(COC(=O)N[C@@H](CC(=O)O)C(=O)Nc2ccc3c(c2)[C@@]2(C)CCC[C@](C)(C(=O)NC(=O)[C@@]4(C)CCC[C@]5(C)c6cc(N)ccc6CCC45)C2CC3)cc1. The predicted octanol–water partition coefficient (Wildman–Crippen LogP) is 8.65. The Morgan fingerprint density at radius 1 is 0.565 bits per heavy atom. The summed E-state index contributed by atoms with van der Waals surface area (Å²) in [7, 11) is 0. The van der Waals surface area contributed by atoms with Crippen LogP contribution in [0.4, 0.5) is 32.3 Å². The Morgan fingerprint density at radius 3 is 1.77 bits per heavy atom. The molecule has 28 nitrogen and oxygen atoms in total. The number of carboxylic acids is 1. The number of anilines is 4. The number of urea groups is 1. The molecule has 9 atom stereocenters. The zero-order valence-electron chi connectivity index (χ0n) is 66.7. The third-order valence-corrected chi connectivity index (χ3v) is 23.6. The smallest absolute Gasteiger partial charge is 0.408 e. The van der Waals surface area contributed by atoms with Crippen LogP contribution in [0.15, 0.2) is 109 Å². The molecule has 0 saturated heterocycles. The monoisotopic (exact) mass is 1580 g/mol. The largest absolute Gasteiger partial charge is 0.481 e. The van der Waals surface area contributed by atoms with E-state index in [0.717, 1.165) is 59.9 Å². The minimum atomic E-state index is -1.56. The lowest BCUT2D eigenvalue weighted by molar-refractivity contribution is -0.150. The van der Waals surface area contributed by atoms with Crippen molar-refractivity contribution in [3.8, 4) is 11.8 Å². The second-order valence-corrected chi connectivity index (χ2v) is 31.9. The van der Waals surface area contributed by atoms with Crippen molar-refractivity contribution in [3.63, 3.8) is 0 Å². The zero-order valence-corrected chi connectivity index (χ0v) is 66.7. The van der Waals surface area contributed by atoms with E-state index in [-0.39, 0.29) is 139 Å². The number of amides is 11. The molecule has 0 spiro atoms. The number of primary amides is 1. The lowest BCUT2D eigenvalue weighted by Crippen LogP contribution is -2.60. The van der Waals surface area contributed by atoms with Gasteiger partial charge in [-0.3, -0.25) is 48.5 Å². The van der Waals surface area contributed by atoms with Crippen molar-refractivity contribution in [2.75, 3.05) is 87.2 Å². The Morgan fingerprint density at radius 2 is 1.13 bits per heavy atom. The first-order chi connectivity index (χ1) is 55.1. The predicted molar refractivity (Wildman–Crippen MR) is 431 cm³/mol. The van der Waals surface area contributed by atoms with Crippen LogP contribution in [0, 0.1) is 40.4 Å². The maximum Gasteiger partial charge on any atom is 0.408 e. The Hall–Kier alpha value is -10.7. The summed E-state index contributed by atoms with van der Waals surface area (Å²) in [5.74, 6) is 1.01. The summed E-state index contributed by atoms with van der Waals surface area (Å²) < 4.78 is 27.8. The number of ether oxygens (including phenoxy) is 5. The number of alkyl carbamates (subject to hydrolysis) is 1. The van der Waals surface area contributed by atoms with Crippen molar-refractivity contribution in [1.82, 2.24) is 31.9 Å². The normalized spacial score (nSPS) is 21.0. The van der Waals surface area contributed by atoms with Crippen molar-refractivity contribution in [3.05, 3.63) is 154 Å². The van der Waals surface area contributed by atoms with Gasteiger partial charge in [-0.15, -0.1) is 0 Å². The van der Waals surface area contributed by atoms with Gasteiger partial charge in [0, 0.05) is 60.5 Å². The second-order valence-electron chi connectivity index (χ2n) is 31.9. The number of carbonyl (C=O) groups excluding carboxylic acids is 10. The zero-order chi connectivity index (χ0) is 82.5. The maximum atomic E-state index is 14.9. The number of aliphatic carboxylic acids is 1. The molecule has 4 aliphatic carbocycles. The number of carboxylic acid groups (broad SMARTS) is 1. The van der Waals surface area contributed by atoms with Crippen LogP contribution in [0.25, 0.3) is 0 Å². The van der Waals surface area contributed by atoms with Crippen molar-refractivity contribution >= 4 is 88.1 Å². The van der Waals surface area contributed by atoms with Gasteiger partial charge in [0.25, 0.3) is 0 Å². The van der Waals surface area contributed by atoms with Crippen molar-refractivity contribution < 1.29 is 81.5 Å². The van der Waals surface area contributed by atoms with Gasteiger partial charge in [-0.1, -0.05) is 121 Å². The van der Waals surface area contributed by atoms with E-state index in [1.165, 1.54) is 23.3 Å². The highest BCUT2D eigenvalue weighted by Gasteiger charge is 2.59. The standard InChI is InChI=1S/C87H111N11O17/c1-55(2)76(96-73(100)35-42-111-44-46-113-48-49-114-47-45-112-43-41-90-72(99)33-34-74(101)98-53-61-16-8-7-14-57(61)21-22-60-15-9-10-18-69(60)98)79(106)94-67(17-11-40-91-82(89)109)77(104)92-63-28-19-56(20-29-63)54-115-83(110)95-68(52-75(102)103)78(105)93-64-30-24-59-26-32-71-85(4,66(59)51-64)37-13-39-87(71,6)81(108)97-80(107)86(5)38-12-36-84(3)65-50-62(88)27-23-58(65)25-31-70(84)86/h7-10,14-16,18-20,23-24,27-30,50-51,55,67-68,70-71,76H,11-13,17,25-26,31-49,52-54,88H2,1-6H3,(H,90,99)(H,92,104)(H,93,105)(H,94,106)(H,95,110)(H,96,100)(H,102,103)(H3,89,91,109)(H,97,107,108)/t67?,68-,70?,71?,76-,84+,85+,86-,87-/m0/s1. The fourth-order valence-corrected chi connectivity index (χ4v) is 17.5. The molecule has 0 radical (unpaired) electrons. The van der Waals surface area contributed by atoms with E-state index >= 15 is 0 Å². The number of nitrogen functional groups attached to an aromatic ring is 1. The van der Waals surface area contributed by atoms with Gasteiger partial charge in [0.15, 0.2) is 0 Å². The molecule has 2 saturated carbocycles. The van der Waals surface area contributed by atoms with E-state index < -0.39 is 88.4 Å². The van der Waals surface area contributed by atoms with Gasteiger partial charge in [0.2, 0.25) is 47.3 Å².